The van der Waals surface area contributed by atoms with Crippen molar-refractivity contribution in [2.45, 2.75) is 52.9 Å². The molecule has 1 rings (SSSR count). The summed E-state index contributed by atoms with van der Waals surface area (Å²) in [7, 11) is -4.41. The third kappa shape index (κ3) is 4.20. The van der Waals surface area contributed by atoms with Crippen LogP contribution in [0.4, 0.5) is 0 Å². The average molecular weight is 314 g/mol. The molecule has 1 unspecified atom stereocenters. The Morgan fingerprint density at radius 2 is 1.48 bits per heavy atom. The lowest BCUT2D eigenvalue weighted by Gasteiger charge is -2.44. The van der Waals surface area contributed by atoms with Gasteiger partial charge in [-0.1, -0.05) is 52.8 Å². The molecule has 0 saturated heterocycles. The minimum absolute atomic E-state index is 0.102. The second-order valence-corrected chi connectivity index (χ2v) is 9.19. The second-order valence-electron chi connectivity index (χ2n) is 7.46. The molecule has 0 aliphatic rings. The van der Waals surface area contributed by atoms with Gasteiger partial charge in [-0.3, -0.25) is 4.55 Å². The van der Waals surface area contributed by atoms with E-state index >= 15 is 0 Å². The summed E-state index contributed by atoms with van der Waals surface area (Å²) in [6, 6.07) is 8.69. The van der Waals surface area contributed by atoms with Crippen molar-refractivity contribution in [2.75, 3.05) is 0 Å². The van der Waals surface area contributed by atoms with Gasteiger partial charge in [-0.25, -0.2) is 0 Å². The van der Waals surface area contributed by atoms with Crippen LogP contribution in [0.5, 0.6) is 5.75 Å². The van der Waals surface area contributed by atoms with Crippen LogP contribution >= 0.6 is 0 Å². The van der Waals surface area contributed by atoms with Crippen LogP contribution in [0.15, 0.2) is 30.3 Å². The van der Waals surface area contributed by atoms with Crippen LogP contribution in [-0.4, -0.2) is 17.9 Å². The molecule has 1 N–H and O–H groups in total. The molecule has 0 spiro atoms. The Morgan fingerprint density at radius 3 is 1.86 bits per heavy atom. The van der Waals surface area contributed by atoms with Crippen LogP contribution in [0.25, 0.3) is 0 Å². The Morgan fingerprint density at radius 1 is 1.00 bits per heavy atom. The van der Waals surface area contributed by atoms with Crippen molar-refractivity contribution in [2.24, 2.45) is 10.8 Å². The van der Waals surface area contributed by atoms with Crippen LogP contribution in [0.3, 0.4) is 0 Å². The third-order valence-corrected chi connectivity index (χ3v) is 5.37. The summed E-state index contributed by atoms with van der Waals surface area (Å²) in [6.07, 6.45) is 0.573. The maximum Gasteiger partial charge on any atom is 0.306 e. The van der Waals surface area contributed by atoms with Gasteiger partial charge in [0.05, 0.1) is 0 Å². The molecular weight excluding hydrogens is 288 g/mol. The molecule has 1 aromatic carbocycles. The zero-order chi connectivity index (χ0) is 16.5. The molecule has 4 nitrogen and oxygen atoms in total. The molecule has 0 fully saturated rings. The van der Waals surface area contributed by atoms with Crippen LogP contribution in [0.1, 0.15) is 48.0 Å². The standard InChI is InChI=1S/C16H26O4S/c1-14(2,3)12-15(4,5)16(6,21(17,18)19)20-13-10-8-7-9-11-13/h7-11H,12H2,1-6H3,(H,17,18,19). The van der Waals surface area contributed by atoms with Crippen LogP contribution in [0, 0.1) is 10.8 Å². The number of benzene rings is 1. The van der Waals surface area contributed by atoms with Crippen LogP contribution in [-0.2, 0) is 10.1 Å². The predicted octanol–water partition coefficient (Wildman–Crippen LogP) is 4.13. The van der Waals surface area contributed by atoms with Gasteiger partial charge in [0, 0.05) is 5.41 Å². The topological polar surface area (TPSA) is 63.6 Å². The summed E-state index contributed by atoms with van der Waals surface area (Å²) in [6.45, 7) is 11.1. The summed E-state index contributed by atoms with van der Waals surface area (Å²) < 4.78 is 39.6. The maximum atomic E-state index is 12.0. The molecule has 0 aliphatic carbocycles. The first-order chi connectivity index (χ1) is 9.29. The van der Waals surface area contributed by atoms with Crippen molar-refractivity contribution in [3.05, 3.63) is 30.3 Å². The molecular formula is C16H26O4S. The van der Waals surface area contributed by atoms with Gasteiger partial charge >= 0.3 is 10.1 Å². The first-order valence-electron chi connectivity index (χ1n) is 7.00. The van der Waals surface area contributed by atoms with E-state index in [1.807, 2.05) is 26.8 Å². The van der Waals surface area contributed by atoms with E-state index < -0.39 is 20.5 Å². The summed E-state index contributed by atoms with van der Waals surface area (Å²) in [4.78, 5) is -1.73. The van der Waals surface area contributed by atoms with Crippen molar-refractivity contribution >= 4 is 10.1 Å². The molecule has 0 amide bonds. The van der Waals surface area contributed by atoms with E-state index in [1.165, 1.54) is 6.92 Å². The van der Waals surface area contributed by atoms with Crippen molar-refractivity contribution < 1.29 is 17.7 Å². The number of hydrogen-bond acceptors (Lipinski definition) is 3. The molecule has 0 heterocycles. The molecule has 0 radical (unpaired) electrons. The number of ether oxygens (including phenoxy) is 1. The van der Waals surface area contributed by atoms with Gasteiger partial charge in [0.15, 0.2) is 0 Å². The zero-order valence-electron chi connectivity index (χ0n) is 13.7. The highest BCUT2D eigenvalue weighted by atomic mass is 32.2. The fraction of sp³-hybridized carbons (Fsp3) is 0.625. The predicted molar refractivity (Wildman–Crippen MR) is 84.9 cm³/mol. The van der Waals surface area contributed by atoms with Gasteiger partial charge in [-0.05, 0) is 30.9 Å². The lowest BCUT2D eigenvalue weighted by atomic mass is 9.73. The highest BCUT2D eigenvalue weighted by molar-refractivity contribution is 7.87. The lowest BCUT2D eigenvalue weighted by Crippen LogP contribution is -2.54. The Hall–Kier alpha value is -1.07. The minimum atomic E-state index is -4.41. The van der Waals surface area contributed by atoms with Crippen molar-refractivity contribution in [3.8, 4) is 5.75 Å². The number of para-hydroxylation sites is 1. The maximum absolute atomic E-state index is 12.0. The van der Waals surface area contributed by atoms with E-state index in [9.17, 15) is 13.0 Å². The molecule has 0 saturated carbocycles. The minimum Gasteiger partial charge on any atom is -0.469 e. The normalized spacial score (nSPS) is 16.3. The number of rotatable bonds is 5. The Balaban J connectivity index is 3.28. The molecule has 0 aliphatic heterocycles. The van der Waals surface area contributed by atoms with Gasteiger partial charge in [-0.2, -0.15) is 8.42 Å². The first-order valence-corrected chi connectivity index (χ1v) is 8.44. The van der Waals surface area contributed by atoms with Crippen molar-refractivity contribution in [1.82, 2.24) is 0 Å². The van der Waals surface area contributed by atoms with E-state index in [2.05, 4.69) is 0 Å². The van der Waals surface area contributed by atoms with Gasteiger partial charge in [0.1, 0.15) is 5.75 Å². The Bertz CT molecular complexity index is 570. The lowest BCUT2D eigenvalue weighted by molar-refractivity contribution is 0.0108. The molecule has 0 aromatic heterocycles. The summed E-state index contributed by atoms with van der Waals surface area (Å²) in [5, 5.41) is 0. The Kier molecular flexibility index (Phi) is 4.81. The van der Waals surface area contributed by atoms with Gasteiger partial charge < -0.3 is 4.74 Å². The average Bonchev–Trinajstić information content (AvgIpc) is 2.25. The highest BCUT2D eigenvalue weighted by Crippen LogP contribution is 2.46. The van der Waals surface area contributed by atoms with Gasteiger partial charge in [0.25, 0.3) is 0 Å². The van der Waals surface area contributed by atoms with E-state index in [0.717, 1.165) is 0 Å². The van der Waals surface area contributed by atoms with E-state index in [1.54, 1.807) is 38.1 Å². The smallest absolute Gasteiger partial charge is 0.306 e. The summed E-state index contributed by atoms with van der Waals surface area (Å²) >= 11 is 0. The molecule has 1 atom stereocenters. The fourth-order valence-corrected chi connectivity index (χ4v) is 3.71. The molecule has 120 valence electrons. The second kappa shape index (κ2) is 5.61. The van der Waals surface area contributed by atoms with Crippen molar-refractivity contribution in [1.29, 1.82) is 0 Å². The molecule has 0 bridgehead atoms. The molecule has 5 heteroatoms. The quantitative estimate of drug-likeness (QED) is 0.830. The fourth-order valence-electron chi connectivity index (χ4n) is 2.74. The molecule has 21 heavy (non-hydrogen) atoms. The van der Waals surface area contributed by atoms with E-state index in [4.69, 9.17) is 4.74 Å². The molecule has 1 aromatic rings. The Labute approximate surface area is 128 Å². The van der Waals surface area contributed by atoms with Crippen molar-refractivity contribution in [3.63, 3.8) is 0 Å². The monoisotopic (exact) mass is 314 g/mol. The SMILES string of the molecule is CC(C)(C)CC(C)(C)C(C)(Oc1ccccc1)S(=O)(=O)O. The first kappa shape index (κ1) is 18.0. The zero-order valence-corrected chi connectivity index (χ0v) is 14.5. The van der Waals surface area contributed by atoms with Gasteiger partial charge in [0.2, 0.25) is 4.93 Å². The summed E-state index contributed by atoms with van der Waals surface area (Å²) in [5.41, 5.74) is -0.885. The summed E-state index contributed by atoms with van der Waals surface area (Å²) in [5.74, 6) is 0.416. The largest absolute Gasteiger partial charge is 0.469 e. The highest BCUT2D eigenvalue weighted by Gasteiger charge is 2.54. The van der Waals surface area contributed by atoms with E-state index in [0.29, 0.717) is 12.2 Å². The number of hydrogen-bond donors (Lipinski definition) is 1. The third-order valence-electron chi connectivity index (χ3n) is 3.75. The van der Waals surface area contributed by atoms with Gasteiger partial charge in [-0.15, -0.1) is 0 Å². The van der Waals surface area contributed by atoms with Crippen LogP contribution in [0.2, 0.25) is 0 Å². The van der Waals surface area contributed by atoms with E-state index in [-0.39, 0.29) is 5.41 Å². The van der Waals surface area contributed by atoms with Crippen LogP contribution < -0.4 is 4.74 Å².